The highest BCUT2D eigenvalue weighted by Crippen LogP contribution is 2.19. The fraction of sp³-hybridized carbons (Fsp3) is 0.167. The Morgan fingerprint density at radius 1 is 0.935 bits per heavy atom. The van der Waals surface area contributed by atoms with Crippen LogP contribution in [0.1, 0.15) is 22.3 Å². The van der Waals surface area contributed by atoms with Crippen molar-refractivity contribution in [2.24, 2.45) is 5.10 Å². The second kappa shape index (κ2) is 10.1. The zero-order valence-electron chi connectivity index (χ0n) is 17.5. The van der Waals surface area contributed by atoms with Gasteiger partial charge in [0, 0.05) is 6.54 Å². The van der Waals surface area contributed by atoms with Crippen molar-refractivity contribution in [1.29, 1.82) is 0 Å². The second-order valence-corrected chi connectivity index (χ2v) is 9.22. The Balaban J connectivity index is 1.77. The van der Waals surface area contributed by atoms with E-state index in [-0.39, 0.29) is 18.0 Å². The number of hydrogen-bond donors (Lipinski definition) is 1. The van der Waals surface area contributed by atoms with Gasteiger partial charge in [-0.1, -0.05) is 77.9 Å². The molecular formula is C24H25N3O3S. The molecule has 0 saturated carbocycles. The van der Waals surface area contributed by atoms with E-state index >= 15 is 0 Å². The number of sulfonamides is 1. The molecular weight excluding hydrogens is 410 g/mol. The fourth-order valence-electron chi connectivity index (χ4n) is 3.00. The van der Waals surface area contributed by atoms with Crippen molar-refractivity contribution in [2.75, 3.05) is 6.54 Å². The summed E-state index contributed by atoms with van der Waals surface area (Å²) >= 11 is 0. The van der Waals surface area contributed by atoms with E-state index in [1.807, 2.05) is 68.4 Å². The number of aryl methyl sites for hydroxylation is 2. The molecule has 0 unspecified atom stereocenters. The monoisotopic (exact) mass is 435 g/mol. The lowest BCUT2D eigenvalue weighted by Gasteiger charge is -2.21. The molecule has 0 spiro atoms. The molecule has 1 N–H and O–H groups in total. The number of hydrogen-bond acceptors (Lipinski definition) is 4. The average Bonchev–Trinajstić information content (AvgIpc) is 2.74. The van der Waals surface area contributed by atoms with Crippen LogP contribution in [-0.4, -0.2) is 31.4 Å². The van der Waals surface area contributed by atoms with Gasteiger partial charge in [-0.05, 0) is 37.1 Å². The Morgan fingerprint density at radius 2 is 1.65 bits per heavy atom. The van der Waals surface area contributed by atoms with E-state index in [0.29, 0.717) is 0 Å². The zero-order chi connectivity index (χ0) is 22.3. The maximum Gasteiger partial charge on any atom is 0.255 e. The molecule has 0 aliphatic rings. The van der Waals surface area contributed by atoms with E-state index in [4.69, 9.17) is 0 Å². The van der Waals surface area contributed by atoms with E-state index in [2.05, 4.69) is 10.5 Å². The van der Waals surface area contributed by atoms with Crippen molar-refractivity contribution < 1.29 is 13.2 Å². The van der Waals surface area contributed by atoms with Crippen LogP contribution in [0.25, 0.3) is 0 Å². The van der Waals surface area contributed by atoms with Gasteiger partial charge in [0.1, 0.15) is 0 Å². The van der Waals surface area contributed by atoms with Gasteiger partial charge in [0.15, 0.2) is 0 Å². The number of carbonyl (C=O) groups is 1. The van der Waals surface area contributed by atoms with Gasteiger partial charge in [-0.15, -0.1) is 0 Å². The van der Waals surface area contributed by atoms with Crippen LogP contribution in [0.3, 0.4) is 0 Å². The van der Waals surface area contributed by atoms with Crippen molar-refractivity contribution in [2.45, 2.75) is 25.3 Å². The van der Waals surface area contributed by atoms with Crippen molar-refractivity contribution in [1.82, 2.24) is 9.73 Å². The molecule has 3 aromatic carbocycles. The first-order valence-corrected chi connectivity index (χ1v) is 11.3. The van der Waals surface area contributed by atoms with Crippen molar-refractivity contribution in [3.8, 4) is 0 Å². The highest BCUT2D eigenvalue weighted by molar-refractivity contribution is 7.89. The van der Waals surface area contributed by atoms with Crippen LogP contribution < -0.4 is 5.43 Å². The molecule has 0 radical (unpaired) electrons. The molecule has 7 heteroatoms. The minimum absolute atomic E-state index is 0.0755. The van der Waals surface area contributed by atoms with Crippen LogP contribution in [0, 0.1) is 13.8 Å². The number of amides is 1. The van der Waals surface area contributed by atoms with Crippen LogP contribution in [0.2, 0.25) is 0 Å². The summed E-state index contributed by atoms with van der Waals surface area (Å²) in [7, 11) is -3.87. The maximum absolute atomic E-state index is 13.2. The first-order chi connectivity index (χ1) is 14.8. The van der Waals surface area contributed by atoms with Crippen molar-refractivity contribution >= 4 is 22.1 Å². The molecule has 0 aromatic heterocycles. The summed E-state index contributed by atoms with van der Waals surface area (Å²) in [5.41, 5.74) is 6.08. The van der Waals surface area contributed by atoms with E-state index in [0.717, 1.165) is 26.6 Å². The molecule has 0 saturated heterocycles. The molecule has 0 aliphatic carbocycles. The molecule has 1 amide bonds. The largest absolute Gasteiger partial charge is 0.272 e. The summed E-state index contributed by atoms with van der Waals surface area (Å²) < 4.78 is 27.6. The molecule has 0 bridgehead atoms. The van der Waals surface area contributed by atoms with Gasteiger partial charge in [0.2, 0.25) is 10.0 Å². The Hall–Kier alpha value is -3.29. The average molecular weight is 436 g/mol. The van der Waals surface area contributed by atoms with Gasteiger partial charge in [-0.3, -0.25) is 4.79 Å². The molecule has 6 nitrogen and oxygen atoms in total. The second-order valence-electron chi connectivity index (χ2n) is 7.28. The number of nitrogens with zero attached hydrogens (tertiary/aromatic N) is 2. The first kappa shape index (κ1) is 22.4. The van der Waals surface area contributed by atoms with Gasteiger partial charge in [0.25, 0.3) is 5.91 Å². The quantitative estimate of drug-likeness (QED) is 0.433. The maximum atomic E-state index is 13.2. The summed E-state index contributed by atoms with van der Waals surface area (Å²) in [6.07, 6.45) is 1.53. The molecule has 0 atom stereocenters. The summed E-state index contributed by atoms with van der Waals surface area (Å²) in [6, 6.07) is 23.4. The Labute approximate surface area is 183 Å². The van der Waals surface area contributed by atoms with Gasteiger partial charge in [-0.25, -0.2) is 13.8 Å². The van der Waals surface area contributed by atoms with E-state index in [1.54, 1.807) is 24.3 Å². The van der Waals surface area contributed by atoms with Gasteiger partial charge >= 0.3 is 0 Å². The Bertz CT molecular complexity index is 1160. The predicted octanol–water partition coefficient (Wildman–Crippen LogP) is 3.64. The number of rotatable bonds is 8. The summed E-state index contributed by atoms with van der Waals surface area (Å²) in [4.78, 5) is 12.6. The van der Waals surface area contributed by atoms with Gasteiger partial charge < -0.3 is 0 Å². The summed E-state index contributed by atoms with van der Waals surface area (Å²) in [5.74, 6) is -0.518. The molecule has 0 fully saturated rings. The van der Waals surface area contributed by atoms with Crippen LogP contribution in [0.15, 0.2) is 88.9 Å². The van der Waals surface area contributed by atoms with Crippen molar-refractivity contribution in [3.05, 3.63) is 101 Å². The van der Waals surface area contributed by atoms with Crippen LogP contribution >= 0.6 is 0 Å². The van der Waals surface area contributed by atoms with E-state index in [1.165, 1.54) is 6.21 Å². The lowest BCUT2D eigenvalue weighted by Crippen LogP contribution is -2.39. The lowest BCUT2D eigenvalue weighted by atomic mass is 10.2. The third-order valence-electron chi connectivity index (χ3n) is 4.63. The Kier molecular flexibility index (Phi) is 7.33. The molecule has 0 heterocycles. The SMILES string of the molecule is Cc1ccc(S(=O)(=O)N(CC(=O)N/N=C\c2cccc(C)c2)Cc2ccccc2)cc1. The van der Waals surface area contributed by atoms with E-state index < -0.39 is 15.9 Å². The number of hydrazone groups is 1. The first-order valence-electron chi connectivity index (χ1n) is 9.84. The van der Waals surface area contributed by atoms with Gasteiger partial charge in [0.05, 0.1) is 17.7 Å². The smallest absolute Gasteiger partial charge is 0.255 e. The molecule has 0 aliphatic heterocycles. The van der Waals surface area contributed by atoms with E-state index in [9.17, 15) is 13.2 Å². The lowest BCUT2D eigenvalue weighted by molar-refractivity contribution is -0.121. The van der Waals surface area contributed by atoms with Crippen LogP contribution in [-0.2, 0) is 21.4 Å². The number of benzene rings is 3. The highest BCUT2D eigenvalue weighted by atomic mass is 32.2. The topological polar surface area (TPSA) is 78.8 Å². The third kappa shape index (κ3) is 6.34. The normalized spacial score (nSPS) is 11.7. The standard InChI is InChI=1S/C24H25N3O3S/c1-19-11-13-23(14-12-19)31(29,30)27(17-21-8-4-3-5-9-21)18-24(28)26-25-16-22-10-6-7-20(2)15-22/h3-16H,17-18H2,1-2H3,(H,26,28)/b25-16-. The van der Waals surface area contributed by atoms with Gasteiger partial charge in [-0.2, -0.15) is 9.41 Å². The molecule has 160 valence electrons. The molecule has 31 heavy (non-hydrogen) atoms. The predicted molar refractivity (Wildman–Crippen MR) is 122 cm³/mol. The highest BCUT2D eigenvalue weighted by Gasteiger charge is 2.26. The van der Waals surface area contributed by atoms with Crippen molar-refractivity contribution in [3.63, 3.8) is 0 Å². The van der Waals surface area contributed by atoms with Crippen LogP contribution in [0.4, 0.5) is 0 Å². The third-order valence-corrected chi connectivity index (χ3v) is 6.43. The number of carbonyl (C=O) groups excluding carboxylic acids is 1. The fourth-order valence-corrected chi connectivity index (χ4v) is 4.38. The Morgan fingerprint density at radius 3 is 2.32 bits per heavy atom. The molecule has 3 rings (SSSR count). The molecule has 3 aromatic rings. The van der Waals surface area contributed by atoms with Crippen LogP contribution in [0.5, 0.6) is 0 Å². The zero-order valence-corrected chi connectivity index (χ0v) is 18.3. The summed E-state index contributed by atoms with van der Waals surface area (Å²) in [5, 5.41) is 3.96. The minimum Gasteiger partial charge on any atom is -0.272 e. The summed E-state index contributed by atoms with van der Waals surface area (Å²) in [6.45, 7) is 3.58. The number of nitrogens with one attached hydrogen (secondary N) is 1. The minimum atomic E-state index is -3.87.